The highest BCUT2D eigenvalue weighted by Crippen LogP contribution is 2.38. The maximum atomic E-state index is 6.54. The van der Waals surface area contributed by atoms with E-state index >= 15 is 0 Å². The third kappa shape index (κ3) is 2.86. The van der Waals surface area contributed by atoms with Crippen LogP contribution in [0, 0.1) is 0 Å². The Labute approximate surface area is 113 Å². The van der Waals surface area contributed by atoms with Crippen molar-refractivity contribution < 1.29 is 4.43 Å². The van der Waals surface area contributed by atoms with Gasteiger partial charge in [-0.25, -0.2) is 0 Å². The second-order valence-corrected chi connectivity index (χ2v) is 11.8. The number of benzene rings is 1. The number of aryl methyl sites for hydroxylation is 1. The zero-order valence-electron chi connectivity index (χ0n) is 12.4. The van der Waals surface area contributed by atoms with Crippen molar-refractivity contribution in [2.24, 2.45) is 0 Å². The van der Waals surface area contributed by atoms with E-state index < -0.39 is 8.32 Å². The average Bonchev–Trinajstić information content (AvgIpc) is 2.27. The summed E-state index contributed by atoms with van der Waals surface area (Å²) in [6.07, 6.45) is 3.89. The van der Waals surface area contributed by atoms with Gasteiger partial charge in [-0.05, 0) is 48.5 Å². The summed E-state index contributed by atoms with van der Waals surface area (Å²) in [5.74, 6) is 0. The third-order valence-electron chi connectivity index (χ3n) is 4.57. The van der Waals surface area contributed by atoms with Crippen molar-refractivity contribution in [3.05, 3.63) is 35.4 Å². The van der Waals surface area contributed by atoms with Crippen molar-refractivity contribution in [1.29, 1.82) is 0 Å². The largest absolute Gasteiger partial charge is 0.414 e. The van der Waals surface area contributed by atoms with Crippen LogP contribution >= 0.6 is 0 Å². The van der Waals surface area contributed by atoms with Crippen molar-refractivity contribution in [2.75, 3.05) is 0 Å². The SMILES string of the molecule is CC(C)(C)[Si](C)(C)O[C@H]1CCc2ccccc2C1. The molecule has 18 heavy (non-hydrogen) atoms. The minimum Gasteiger partial charge on any atom is -0.414 e. The Morgan fingerprint density at radius 1 is 1.11 bits per heavy atom. The molecule has 100 valence electrons. The average molecular weight is 262 g/mol. The Kier molecular flexibility index (Phi) is 3.70. The van der Waals surface area contributed by atoms with Gasteiger partial charge in [0.2, 0.25) is 0 Å². The molecule has 0 radical (unpaired) electrons. The molecule has 1 aliphatic rings. The van der Waals surface area contributed by atoms with Gasteiger partial charge < -0.3 is 4.43 Å². The lowest BCUT2D eigenvalue weighted by Gasteiger charge is -2.40. The number of fused-ring (bicyclic) bond motifs is 1. The van der Waals surface area contributed by atoms with Gasteiger partial charge >= 0.3 is 0 Å². The summed E-state index contributed by atoms with van der Waals surface area (Å²) in [5.41, 5.74) is 3.01. The summed E-state index contributed by atoms with van der Waals surface area (Å²) in [4.78, 5) is 0. The second kappa shape index (κ2) is 4.82. The van der Waals surface area contributed by atoms with Crippen molar-refractivity contribution in [1.82, 2.24) is 0 Å². The van der Waals surface area contributed by atoms with Gasteiger partial charge in [-0.1, -0.05) is 45.0 Å². The first-order valence-electron chi connectivity index (χ1n) is 7.04. The molecule has 0 aromatic heterocycles. The normalized spacial score (nSPS) is 20.6. The third-order valence-corrected chi connectivity index (χ3v) is 9.10. The molecule has 0 saturated carbocycles. The summed E-state index contributed by atoms with van der Waals surface area (Å²) in [7, 11) is -1.61. The molecule has 0 heterocycles. The van der Waals surface area contributed by atoms with Crippen LogP contribution in [0.1, 0.15) is 38.3 Å². The Morgan fingerprint density at radius 2 is 1.72 bits per heavy atom. The van der Waals surface area contributed by atoms with Gasteiger partial charge in [-0.2, -0.15) is 0 Å². The summed E-state index contributed by atoms with van der Waals surface area (Å²) in [6, 6.07) is 8.82. The van der Waals surface area contributed by atoms with Gasteiger partial charge in [0.1, 0.15) is 0 Å². The Balaban J connectivity index is 2.06. The lowest BCUT2D eigenvalue weighted by Crippen LogP contribution is -2.45. The lowest BCUT2D eigenvalue weighted by molar-refractivity contribution is 0.165. The van der Waals surface area contributed by atoms with Crippen LogP contribution < -0.4 is 0 Å². The maximum absolute atomic E-state index is 6.54. The van der Waals surface area contributed by atoms with Crippen LogP contribution in [-0.2, 0) is 17.3 Å². The minimum atomic E-state index is -1.61. The fourth-order valence-electron chi connectivity index (χ4n) is 2.36. The standard InChI is InChI=1S/C16H26OSi/c1-16(2,3)18(4,5)17-15-11-10-13-8-6-7-9-14(13)12-15/h6-9,15H,10-12H2,1-5H3/t15-/m0/s1. The second-order valence-electron chi connectivity index (χ2n) is 7.01. The van der Waals surface area contributed by atoms with Crippen molar-refractivity contribution in [3.63, 3.8) is 0 Å². The molecule has 1 atom stereocenters. The predicted molar refractivity (Wildman–Crippen MR) is 80.5 cm³/mol. The smallest absolute Gasteiger partial charge is 0.192 e. The highest BCUT2D eigenvalue weighted by atomic mass is 28.4. The van der Waals surface area contributed by atoms with E-state index in [0.29, 0.717) is 11.1 Å². The zero-order chi connectivity index (χ0) is 13.4. The fraction of sp³-hybridized carbons (Fsp3) is 0.625. The van der Waals surface area contributed by atoms with Crippen LogP contribution in [0.15, 0.2) is 24.3 Å². The van der Waals surface area contributed by atoms with Crippen LogP contribution in [0.4, 0.5) is 0 Å². The molecule has 0 amide bonds. The van der Waals surface area contributed by atoms with Gasteiger partial charge in [0.05, 0.1) is 0 Å². The molecule has 0 aliphatic heterocycles. The van der Waals surface area contributed by atoms with E-state index in [4.69, 9.17) is 4.43 Å². The first-order chi connectivity index (χ1) is 8.29. The van der Waals surface area contributed by atoms with Gasteiger partial charge in [0.25, 0.3) is 0 Å². The molecule has 0 N–H and O–H groups in total. The van der Waals surface area contributed by atoms with Crippen molar-refractivity contribution >= 4 is 8.32 Å². The van der Waals surface area contributed by atoms with Gasteiger partial charge in [-0.3, -0.25) is 0 Å². The zero-order valence-corrected chi connectivity index (χ0v) is 13.4. The van der Waals surface area contributed by atoms with Crippen LogP contribution in [-0.4, -0.2) is 14.4 Å². The lowest BCUT2D eigenvalue weighted by atomic mass is 9.90. The summed E-state index contributed by atoms with van der Waals surface area (Å²) < 4.78 is 6.54. The molecule has 0 saturated heterocycles. The van der Waals surface area contributed by atoms with Crippen LogP contribution in [0.25, 0.3) is 0 Å². The van der Waals surface area contributed by atoms with E-state index in [1.807, 2.05) is 0 Å². The summed E-state index contributed by atoms with van der Waals surface area (Å²) in [6.45, 7) is 11.7. The molecule has 2 rings (SSSR count). The van der Waals surface area contributed by atoms with Crippen molar-refractivity contribution in [2.45, 2.75) is 64.3 Å². The molecule has 0 unspecified atom stereocenters. The van der Waals surface area contributed by atoms with E-state index in [9.17, 15) is 0 Å². The summed E-state index contributed by atoms with van der Waals surface area (Å²) in [5, 5.41) is 0.309. The van der Waals surface area contributed by atoms with Crippen LogP contribution in [0.3, 0.4) is 0 Å². The van der Waals surface area contributed by atoms with Crippen LogP contribution in [0.2, 0.25) is 18.1 Å². The van der Waals surface area contributed by atoms with Gasteiger partial charge in [-0.15, -0.1) is 0 Å². The molecular weight excluding hydrogens is 236 g/mol. The van der Waals surface area contributed by atoms with Gasteiger partial charge in [0, 0.05) is 6.10 Å². The first-order valence-corrected chi connectivity index (χ1v) is 9.95. The number of hydrogen-bond donors (Lipinski definition) is 0. The highest BCUT2D eigenvalue weighted by molar-refractivity contribution is 6.74. The highest BCUT2D eigenvalue weighted by Gasteiger charge is 2.39. The topological polar surface area (TPSA) is 9.23 Å². The quantitative estimate of drug-likeness (QED) is 0.710. The molecule has 1 aliphatic carbocycles. The molecule has 0 fully saturated rings. The number of hydrogen-bond acceptors (Lipinski definition) is 1. The van der Waals surface area contributed by atoms with Crippen molar-refractivity contribution in [3.8, 4) is 0 Å². The van der Waals surface area contributed by atoms with Gasteiger partial charge in [0.15, 0.2) is 8.32 Å². The maximum Gasteiger partial charge on any atom is 0.192 e. The molecule has 1 nitrogen and oxygen atoms in total. The van der Waals surface area contributed by atoms with E-state index in [0.717, 1.165) is 6.42 Å². The van der Waals surface area contributed by atoms with Crippen LogP contribution in [0.5, 0.6) is 0 Å². The molecule has 1 aromatic rings. The number of rotatable bonds is 2. The monoisotopic (exact) mass is 262 g/mol. The molecule has 0 spiro atoms. The molecule has 2 heteroatoms. The molecule has 1 aromatic carbocycles. The van der Waals surface area contributed by atoms with E-state index in [2.05, 4.69) is 58.1 Å². The fourth-order valence-corrected chi connectivity index (χ4v) is 3.75. The van der Waals surface area contributed by atoms with E-state index in [1.54, 1.807) is 0 Å². The minimum absolute atomic E-state index is 0.309. The summed E-state index contributed by atoms with van der Waals surface area (Å²) >= 11 is 0. The molecular formula is C16H26OSi. The van der Waals surface area contributed by atoms with E-state index in [-0.39, 0.29) is 0 Å². The molecule has 0 bridgehead atoms. The van der Waals surface area contributed by atoms with E-state index in [1.165, 1.54) is 24.0 Å². The predicted octanol–water partition coefficient (Wildman–Crippen LogP) is 4.57. The Bertz CT molecular complexity index is 417. The Morgan fingerprint density at radius 3 is 2.33 bits per heavy atom. The Hall–Kier alpha value is -0.603. The first kappa shape index (κ1) is 13.8.